The predicted octanol–water partition coefficient (Wildman–Crippen LogP) is 12.7. The maximum Gasteiger partial charge on any atom is 0.169 e. The molecule has 55 heavy (non-hydrogen) atoms. The molecule has 1 saturated heterocycles. The monoisotopic (exact) mass is 760 g/mol. The molecule has 0 amide bonds. The Morgan fingerprint density at radius 1 is 0.691 bits per heavy atom. The van der Waals surface area contributed by atoms with Crippen LogP contribution in [0.2, 0.25) is 0 Å². The predicted molar refractivity (Wildman–Crippen MR) is 221 cm³/mol. The van der Waals surface area contributed by atoms with Gasteiger partial charge in [0.1, 0.15) is 0 Å². The maximum atomic E-state index is 9.97. The molecule has 2 aromatic rings. The van der Waals surface area contributed by atoms with Crippen molar-refractivity contribution in [3.05, 3.63) is 82.2 Å². The maximum absolute atomic E-state index is 9.97. The van der Waals surface area contributed by atoms with E-state index in [4.69, 9.17) is 23.7 Å². The van der Waals surface area contributed by atoms with Crippen LogP contribution in [-0.2, 0) is 36.9 Å². The summed E-state index contributed by atoms with van der Waals surface area (Å²) in [6.45, 7) is 10.2. The van der Waals surface area contributed by atoms with Crippen molar-refractivity contribution in [1.82, 2.24) is 0 Å². The van der Waals surface area contributed by atoms with Crippen molar-refractivity contribution in [1.29, 1.82) is 0 Å². The van der Waals surface area contributed by atoms with E-state index in [-0.39, 0.29) is 48.8 Å². The minimum absolute atomic E-state index is 0.00917. The van der Waals surface area contributed by atoms with Crippen LogP contribution < -0.4 is 0 Å². The minimum Gasteiger partial charge on any atom is -0.377 e. The molecular formula is C47H73N3O5. The first-order valence-electron chi connectivity index (χ1n) is 22.3. The highest BCUT2D eigenvalue weighted by Crippen LogP contribution is 2.50. The Hall–Kier alpha value is -2.45. The van der Waals surface area contributed by atoms with Crippen LogP contribution in [-0.4, -0.2) is 49.0 Å². The average Bonchev–Trinajstić information content (AvgIpc) is 3.58. The van der Waals surface area contributed by atoms with Crippen LogP contribution in [0, 0.1) is 17.8 Å². The summed E-state index contributed by atoms with van der Waals surface area (Å²) in [7, 11) is 0. The Balaban J connectivity index is 1.25. The van der Waals surface area contributed by atoms with Crippen LogP contribution in [0.4, 0.5) is 0 Å². The summed E-state index contributed by atoms with van der Waals surface area (Å²) in [4.78, 5) is 3.37. The van der Waals surface area contributed by atoms with Gasteiger partial charge in [-0.25, -0.2) is 0 Å². The van der Waals surface area contributed by atoms with Crippen LogP contribution in [0.5, 0.6) is 0 Å². The van der Waals surface area contributed by atoms with Crippen molar-refractivity contribution in [2.24, 2.45) is 22.9 Å². The fraction of sp³-hybridized carbons (Fsp3) is 0.745. The summed E-state index contributed by atoms with van der Waals surface area (Å²) in [6, 6.07) is 20.0. The van der Waals surface area contributed by atoms with Crippen molar-refractivity contribution in [3.63, 3.8) is 0 Å². The Bertz CT molecular complexity index is 1370. The lowest BCUT2D eigenvalue weighted by Crippen LogP contribution is -2.53. The number of ether oxygens (including phenoxy) is 5. The summed E-state index contributed by atoms with van der Waals surface area (Å²) >= 11 is 0. The molecule has 2 aliphatic carbocycles. The van der Waals surface area contributed by atoms with Crippen LogP contribution in [0.15, 0.2) is 65.8 Å². The zero-order valence-electron chi connectivity index (χ0n) is 34.7. The van der Waals surface area contributed by atoms with E-state index < -0.39 is 17.9 Å². The largest absolute Gasteiger partial charge is 0.377 e. The number of benzene rings is 2. The Labute approximate surface area is 333 Å². The molecule has 2 aromatic carbocycles. The molecular weight excluding hydrogens is 687 g/mol. The Morgan fingerprint density at radius 2 is 1.22 bits per heavy atom. The number of nitrogens with zero attached hydrogens (tertiary/aromatic N) is 3. The first-order valence-corrected chi connectivity index (χ1v) is 22.3. The van der Waals surface area contributed by atoms with Gasteiger partial charge in [0.05, 0.1) is 56.4 Å². The Morgan fingerprint density at radius 3 is 1.78 bits per heavy atom. The summed E-state index contributed by atoms with van der Waals surface area (Å²) < 4.78 is 34.1. The van der Waals surface area contributed by atoms with Crippen LogP contribution in [0.1, 0.15) is 154 Å². The van der Waals surface area contributed by atoms with Crippen LogP contribution in [0.25, 0.3) is 10.4 Å². The summed E-state index contributed by atoms with van der Waals surface area (Å²) in [5, 5.41) is 4.41. The lowest BCUT2D eigenvalue weighted by atomic mass is 9.70. The number of rotatable bonds is 25. The van der Waals surface area contributed by atoms with Crippen molar-refractivity contribution in [3.8, 4) is 0 Å². The number of hydrogen-bond acceptors (Lipinski definition) is 6. The van der Waals surface area contributed by atoms with Gasteiger partial charge in [0.2, 0.25) is 0 Å². The van der Waals surface area contributed by atoms with Gasteiger partial charge in [-0.2, -0.15) is 0 Å². The van der Waals surface area contributed by atoms with E-state index in [1.165, 1.54) is 70.6 Å². The van der Waals surface area contributed by atoms with Gasteiger partial charge in [0, 0.05) is 23.7 Å². The van der Waals surface area contributed by atoms with Gasteiger partial charge in [-0.1, -0.05) is 177 Å². The smallest absolute Gasteiger partial charge is 0.169 e. The third kappa shape index (κ3) is 13.3. The second-order valence-corrected chi connectivity index (χ2v) is 17.1. The normalized spacial score (nSPS) is 26.3. The van der Waals surface area contributed by atoms with Crippen molar-refractivity contribution < 1.29 is 23.7 Å². The molecule has 9 atom stereocenters. The third-order valence-corrected chi connectivity index (χ3v) is 12.9. The molecule has 3 unspecified atom stereocenters. The van der Waals surface area contributed by atoms with Crippen molar-refractivity contribution >= 4 is 0 Å². The molecule has 3 aliphatic rings. The lowest BCUT2D eigenvalue weighted by molar-refractivity contribution is -0.198. The molecule has 0 aromatic heterocycles. The van der Waals surface area contributed by atoms with Gasteiger partial charge in [-0.05, 0) is 47.8 Å². The SMILES string of the molecule is CCCCCCCCCCCCCC[C@@H](OCc1ccccc1)[C@@H](OCc1ccccc1)[C@H](CO[C@H]1C(C)C2OC3(CCCCC3)O[C@@H]2[C@H](C)C1C)N=[N+]=[N-]. The van der Waals surface area contributed by atoms with Gasteiger partial charge in [-0.15, -0.1) is 0 Å². The van der Waals surface area contributed by atoms with Crippen LogP contribution >= 0.6 is 0 Å². The standard InChI is InChI=1S/C47H73N3O5/c1-5-6-7-8-9-10-11-12-13-14-15-23-30-42(51-33-39-26-19-16-20-27-39)46(52-34-40-28-21-17-22-29-40)41(49-50-48)35-53-43-36(2)37(3)44-45(38(43)4)55-47(54-44)31-24-18-25-32-47/h16-17,19-22,26-29,36-38,41-46H,5-15,18,23-25,30-35H2,1-4H3/t36?,37-,38?,41+,42-,43-,44-,45?,46+/m1/s1. The molecule has 8 heteroatoms. The van der Waals surface area contributed by atoms with E-state index in [1.54, 1.807) is 0 Å². The van der Waals surface area contributed by atoms with E-state index >= 15 is 0 Å². The number of unbranched alkanes of at least 4 members (excludes halogenated alkanes) is 11. The molecule has 5 rings (SSSR count). The van der Waals surface area contributed by atoms with E-state index in [0.29, 0.717) is 13.2 Å². The van der Waals surface area contributed by atoms with Gasteiger partial charge in [0.15, 0.2) is 5.79 Å². The number of hydrogen-bond donors (Lipinski definition) is 0. The number of azide groups is 1. The number of fused-ring (bicyclic) bond motifs is 1. The van der Waals surface area contributed by atoms with Gasteiger partial charge in [0.25, 0.3) is 0 Å². The second kappa shape index (κ2) is 23.7. The molecule has 2 saturated carbocycles. The zero-order chi connectivity index (χ0) is 38.7. The molecule has 0 N–H and O–H groups in total. The highest BCUT2D eigenvalue weighted by Gasteiger charge is 2.57. The molecule has 0 radical (unpaired) electrons. The van der Waals surface area contributed by atoms with E-state index in [9.17, 15) is 5.53 Å². The van der Waals surface area contributed by atoms with Crippen molar-refractivity contribution in [2.75, 3.05) is 6.61 Å². The van der Waals surface area contributed by atoms with E-state index in [1.807, 2.05) is 36.4 Å². The first kappa shape index (κ1) is 43.7. The average molecular weight is 760 g/mol. The summed E-state index contributed by atoms with van der Waals surface area (Å²) in [6.07, 6.45) is 21.1. The van der Waals surface area contributed by atoms with Gasteiger partial charge in [-0.3, -0.25) is 0 Å². The highest BCUT2D eigenvalue weighted by molar-refractivity contribution is 5.14. The molecule has 0 bridgehead atoms. The second-order valence-electron chi connectivity index (χ2n) is 17.1. The van der Waals surface area contributed by atoms with E-state index in [0.717, 1.165) is 56.1 Å². The minimum atomic E-state index is -0.565. The molecule has 306 valence electrons. The fourth-order valence-electron chi connectivity index (χ4n) is 9.37. The molecule has 1 spiro atoms. The van der Waals surface area contributed by atoms with E-state index in [2.05, 4.69) is 62.0 Å². The molecule has 3 fully saturated rings. The quantitative estimate of drug-likeness (QED) is 0.0435. The Kier molecular flexibility index (Phi) is 18.8. The highest BCUT2D eigenvalue weighted by atomic mass is 16.8. The first-order chi connectivity index (χ1) is 26.9. The van der Waals surface area contributed by atoms with Crippen LogP contribution in [0.3, 0.4) is 0 Å². The zero-order valence-corrected chi connectivity index (χ0v) is 34.7. The fourth-order valence-corrected chi connectivity index (χ4v) is 9.37. The van der Waals surface area contributed by atoms with Gasteiger partial charge >= 0.3 is 0 Å². The van der Waals surface area contributed by atoms with Crippen molar-refractivity contribution in [2.45, 2.75) is 199 Å². The summed E-state index contributed by atoms with van der Waals surface area (Å²) in [5.41, 5.74) is 12.2. The topological polar surface area (TPSA) is 94.9 Å². The van der Waals surface area contributed by atoms with Gasteiger partial charge < -0.3 is 23.7 Å². The lowest BCUT2D eigenvalue weighted by Gasteiger charge is -2.44. The third-order valence-electron chi connectivity index (χ3n) is 12.9. The summed E-state index contributed by atoms with van der Waals surface area (Å²) in [5.74, 6) is 0.230. The molecule has 1 heterocycles. The molecule has 1 aliphatic heterocycles. The molecule has 8 nitrogen and oxygen atoms in total.